The van der Waals surface area contributed by atoms with Gasteiger partial charge in [-0.05, 0) is 33.4 Å². The van der Waals surface area contributed by atoms with Crippen molar-refractivity contribution < 1.29 is 37.6 Å². The topological polar surface area (TPSA) is 170 Å². The van der Waals surface area contributed by atoms with E-state index in [0.29, 0.717) is 0 Å². The molecule has 0 radical (unpaired) electrons. The number of nitrogens with one attached hydrogen (secondary N) is 2. The molecule has 140 valence electrons. The van der Waals surface area contributed by atoms with Gasteiger partial charge in [-0.2, -0.15) is 8.42 Å². The number of carbonyl (C=O) groups is 3. The Morgan fingerprint density at radius 2 is 1.75 bits per heavy atom. The maximum absolute atomic E-state index is 10.8. The molecule has 11 heteroatoms. The van der Waals surface area contributed by atoms with Crippen molar-refractivity contribution in [2.45, 2.75) is 38.3 Å². The molecule has 0 saturated heterocycles. The van der Waals surface area contributed by atoms with Gasteiger partial charge in [0.2, 0.25) is 5.91 Å². The monoisotopic (exact) mass is 368 g/mol. The molecule has 0 aliphatic heterocycles. The van der Waals surface area contributed by atoms with Crippen LogP contribution in [0.2, 0.25) is 0 Å². The first-order valence-electron chi connectivity index (χ1n) is 6.75. The summed E-state index contributed by atoms with van der Waals surface area (Å²) in [5.74, 6) is -3.01. The third-order valence-corrected chi connectivity index (χ3v) is 3.57. The van der Waals surface area contributed by atoms with Crippen LogP contribution in [0.3, 0.4) is 0 Å². The van der Waals surface area contributed by atoms with Gasteiger partial charge >= 0.3 is 11.9 Å². The molecule has 1 atom stereocenters. The Balaban J connectivity index is 0. The highest BCUT2D eigenvalue weighted by atomic mass is 32.2. The third-order valence-electron chi connectivity index (χ3n) is 2.48. The van der Waals surface area contributed by atoms with Crippen LogP contribution in [-0.2, 0) is 24.5 Å². The van der Waals surface area contributed by atoms with E-state index in [-0.39, 0.29) is 12.8 Å². The molecule has 24 heavy (non-hydrogen) atoms. The maximum Gasteiger partial charge on any atom is 0.320 e. The first-order valence-corrected chi connectivity index (χ1v) is 8.36. The summed E-state index contributed by atoms with van der Waals surface area (Å²) in [7, 11) is -2.60. The van der Waals surface area contributed by atoms with Gasteiger partial charge in [0.05, 0.1) is 11.3 Å². The summed E-state index contributed by atoms with van der Waals surface area (Å²) in [6.07, 6.45) is 1.02. The van der Waals surface area contributed by atoms with Gasteiger partial charge in [-0.25, -0.2) is 0 Å². The van der Waals surface area contributed by atoms with Gasteiger partial charge in [0.1, 0.15) is 6.04 Å². The van der Waals surface area contributed by atoms with Crippen molar-refractivity contribution in [3.05, 3.63) is 12.7 Å². The first kappa shape index (κ1) is 24.3. The van der Waals surface area contributed by atoms with E-state index in [1.807, 2.05) is 0 Å². The van der Waals surface area contributed by atoms with E-state index < -0.39 is 45.3 Å². The number of hydrogen-bond donors (Lipinski definition) is 5. The van der Waals surface area contributed by atoms with E-state index in [0.717, 1.165) is 6.08 Å². The third kappa shape index (κ3) is 14.9. The number of likely N-dealkylation sites (N-methyl/N-ethyl adjacent to an activating group) is 1. The first-order chi connectivity index (χ1) is 10.7. The van der Waals surface area contributed by atoms with Crippen molar-refractivity contribution >= 4 is 28.0 Å². The van der Waals surface area contributed by atoms with Gasteiger partial charge in [-0.15, -0.1) is 0 Å². The molecule has 0 rings (SSSR count). The Kier molecular flexibility index (Phi) is 10.9. The Labute approximate surface area is 140 Å². The maximum atomic E-state index is 10.8. The summed E-state index contributed by atoms with van der Waals surface area (Å²) in [6.45, 7) is 6.19. The normalized spacial score (nSPS) is 12.3. The molecule has 0 fully saturated rings. The minimum Gasteiger partial charge on any atom is -0.481 e. The number of rotatable bonds is 9. The zero-order chi connectivity index (χ0) is 19.6. The highest BCUT2D eigenvalue weighted by molar-refractivity contribution is 7.85. The molecule has 0 aromatic heterocycles. The van der Waals surface area contributed by atoms with Gasteiger partial charge in [0, 0.05) is 6.42 Å². The van der Waals surface area contributed by atoms with Crippen LogP contribution in [-0.4, -0.2) is 65.4 Å². The number of aliphatic carboxylic acids is 2. The fraction of sp³-hybridized carbons (Fsp3) is 0.615. The number of carboxylic acid groups (broad SMARTS) is 2. The summed E-state index contributed by atoms with van der Waals surface area (Å²) >= 11 is 0. The lowest BCUT2D eigenvalue weighted by Crippen LogP contribution is -2.47. The minimum absolute atomic E-state index is 0.112. The summed E-state index contributed by atoms with van der Waals surface area (Å²) in [6, 6.07) is -0.758. The van der Waals surface area contributed by atoms with Crippen molar-refractivity contribution in [3.63, 3.8) is 0 Å². The lowest BCUT2D eigenvalue weighted by molar-refractivity contribution is -0.140. The predicted octanol–water partition coefficient (Wildman–Crippen LogP) is -0.521. The summed E-state index contributed by atoms with van der Waals surface area (Å²) in [5.41, 5.74) is -1.00. The smallest absolute Gasteiger partial charge is 0.320 e. The van der Waals surface area contributed by atoms with Gasteiger partial charge in [-0.3, -0.25) is 18.9 Å². The minimum atomic E-state index is -4.08. The van der Waals surface area contributed by atoms with Crippen LogP contribution in [0.25, 0.3) is 0 Å². The Hall–Kier alpha value is -1.98. The van der Waals surface area contributed by atoms with Crippen molar-refractivity contribution in [2.24, 2.45) is 0 Å². The number of hydrogen-bond acceptors (Lipinski definition) is 6. The second-order valence-corrected chi connectivity index (χ2v) is 6.87. The van der Waals surface area contributed by atoms with Gasteiger partial charge in [0.25, 0.3) is 10.1 Å². The van der Waals surface area contributed by atoms with Crippen LogP contribution in [0, 0.1) is 0 Å². The van der Waals surface area contributed by atoms with Gasteiger partial charge < -0.3 is 20.8 Å². The van der Waals surface area contributed by atoms with Crippen LogP contribution in [0.1, 0.15) is 26.7 Å². The second-order valence-electron chi connectivity index (χ2n) is 5.42. The van der Waals surface area contributed by atoms with E-state index in [4.69, 9.17) is 14.8 Å². The zero-order valence-electron chi connectivity index (χ0n) is 13.8. The Bertz CT molecular complexity index is 556. The van der Waals surface area contributed by atoms with Crippen molar-refractivity contribution in [2.75, 3.05) is 12.8 Å². The number of carbonyl (C=O) groups excluding carboxylic acids is 1. The lowest BCUT2D eigenvalue weighted by atomic mass is 10.1. The molecule has 0 heterocycles. The number of carboxylic acids is 2. The zero-order valence-corrected chi connectivity index (χ0v) is 14.6. The molecular weight excluding hydrogens is 344 g/mol. The number of amides is 1. The van der Waals surface area contributed by atoms with E-state index in [1.165, 1.54) is 20.9 Å². The molecule has 5 N–H and O–H groups in total. The summed E-state index contributed by atoms with van der Waals surface area (Å²) < 4.78 is 29.5. The predicted molar refractivity (Wildman–Crippen MR) is 86.2 cm³/mol. The van der Waals surface area contributed by atoms with Crippen LogP contribution >= 0.6 is 0 Å². The fourth-order valence-electron chi connectivity index (χ4n) is 1.54. The highest BCUT2D eigenvalue weighted by Gasteiger charge is 2.25. The molecular formula is C13H24N2O8S. The van der Waals surface area contributed by atoms with Crippen LogP contribution < -0.4 is 10.6 Å². The average molecular weight is 368 g/mol. The van der Waals surface area contributed by atoms with Gasteiger partial charge in [0.15, 0.2) is 0 Å². The molecule has 10 nitrogen and oxygen atoms in total. The molecule has 0 aromatic carbocycles. The van der Waals surface area contributed by atoms with E-state index in [9.17, 15) is 22.8 Å². The SMILES string of the molecule is C=CC(=O)NC(C)(C)CS(=O)(=O)O.CNC(CCC(=O)O)C(=O)O. The van der Waals surface area contributed by atoms with Crippen LogP contribution in [0.15, 0.2) is 12.7 Å². The van der Waals surface area contributed by atoms with Gasteiger partial charge in [-0.1, -0.05) is 6.58 Å². The van der Waals surface area contributed by atoms with Crippen molar-refractivity contribution in [1.82, 2.24) is 10.6 Å². The fourth-order valence-corrected chi connectivity index (χ4v) is 2.52. The molecule has 1 amide bonds. The second kappa shape index (κ2) is 10.7. The van der Waals surface area contributed by atoms with E-state index in [2.05, 4.69) is 17.2 Å². The quantitative estimate of drug-likeness (QED) is 0.265. The summed E-state index contributed by atoms with van der Waals surface area (Å²) in [5, 5.41) is 21.5. The Morgan fingerprint density at radius 1 is 1.25 bits per heavy atom. The summed E-state index contributed by atoms with van der Waals surface area (Å²) in [4.78, 5) is 31.1. The lowest BCUT2D eigenvalue weighted by Gasteiger charge is -2.23. The van der Waals surface area contributed by atoms with Crippen LogP contribution in [0.4, 0.5) is 0 Å². The Morgan fingerprint density at radius 3 is 2.04 bits per heavy atom. The average Bonchev–Trinajstić information content (AvgIpc) is 2.35. The largest absolute Gasteiger partial charge is 0.481 e. The molecule has 0 aliphatic carbocycles. The van der Waals surface area contributed by atoms with Crippen molar-refractivity contribution in [3.8, 4) is 0 Å². The molecule has 0 spiro atoms. The molecule has 0 aromatic rings. The molecule has 0 bridgehead atoms. The standard InChI is InChI=1S/C7H13NO4S.C6H11NO4/c1-4-6(9)8-7(2,3)5-13(10,11)12;1-7-4(6(10)11)2-3-5(8)9/h4H,1,5H2,2-3H3,(H,8,9)(H,10,11,12);4,7H,2-3H2,1H3,(H,8,9)(H,10,11). The van der Waals surface area contributed by atoms with Crippen LogP contribution in [0.5, 0.6) is 0 Å². The van der Waals surface area contributed by atoms with E-state index >= 15 is 0 Å². The highest BCUT2D eigenvalue weighted by Crippen LogP contribution is 2.05. The molecule has 0 aliphatic rings. The molecule has 1 unspecified atom stereocenters. The molecule has 0 saturated carbocycles. The van der Waals surface area contributed by atoms with E-state index in [1.54, 1.807) is 0 Å². The van der Waals surface area contributed by atoms with Crippen molar-refractivity contribution in [1.29, 1.82) is 0 Å².